The topological polar surface area (TPSA) is 75.3 Å². The molecular formula is C14H10ClFN2O2S. The van der Waals surface area contributed by atoms with Crippen LogP contribution in [0, 0.1) is 5.82 Å². The summed E-state index contributed by atoms with van der Waals surface area (Å²) >= 11 is 10.8. The van der Waals surface area contributed by atoms with Crippen LogP contribution in [-0.4, -0.2) is 16.0 Å². The monoisotopic (exact) mass is 324 g/mol. The van der Waals surface area contributed by atoms with E-state index in [-0.39, 0.29) is 15.7 Å². The van der Waals surface area contributed by atoms with Crippen molar-refractivity contribution >= 4 is 40.4 Å². The largest absolute Gasteiger partial charge is 0.507 e. The van der Waals surface area contributed by atoms with Crippen LogP contribution in [0.5, 0.6) is 5.75 Å². The summed E-state index contributed by atoms with van der Waals surface area (Å²) in [4.78, 5) is 12.2. The maximum Gasteiger partial charge on any atom is 0.262 e. The highest BCUT2D eigenvalue weighted by atomic mass is 35.5. The summed E-state index contributed by atoms with van der Waals surface area (Å²) in [6.07, 6.45) is 0. The van der Waals surface area contributed by atoms with Gasteiger partial charge in [-0.3, -0.25) is 4.79 Å². The number of anilines is 1. The van der Waals surface area contributed by atoms with E-state index in [1.54, 1.807) is 6.07 Å². The molecule has 0 bridgehead atoms. The van der Waals surface area contributed by atoms with Gasteiger partial charge in [0.1, 0.15) is 22.1 Å². The summed E-state index contributed by atoms with van der Waals surface area (Å²) in [7, 11) is 0. The van der Waals surface area contributed by atoms with Crippen LogP contribution in [0.15, 0.2) is 36.4 Å². The van der Waals surface area contributed by atoms with Gasteiger partial charge in [0.2, 0.25) is 0 Å². The zero-order chi connectivity index (χ0) is 15.6. The third-order valence-corrected chi connectivity index (χ3v) is 3.27. The summed E-state index contributed by atoms with van der Waals surface area (Å²) in [5.74, 6) is -2.10. The Hall–Kier alpha value is -2.18. The smallest absolute Gasteiger partial charge is 0.262 e. The molecule has 0 heterocycles. The molecule has 0 saturated carbocycles. The zero-order valence-corrected chi connectivity index (χ0v) is 12.1. The first-order valence-corrected chi connectivity index (χ1v) is 6.57. The van der Waals surface area contributed by atoms with Crippen LogP contribution in [-0.2, 0) is 0 Å². The number of phenolic OH excluding ortho intramolecular Hbond substituents is 1. The van der Waals surface area contributed by atoms with E-state index in [0.29, 0.717) is 5.56 Å². The normalized spacial score (nSPS) is 10.2. The highest BCUT2D eigenvalue weighted by Gasteiger charge is 2.17. The van der Waals surface area contributed by atoms with Crippen molar-refractivity contribution in [3.8, 4) is 5.75 Å². The number of hydrogen-bond donors (Lipinski definition) is 3. The second-order valence-corrected chi connectivity index (χ2v) is 4.99. The van der Waals surface area contributed by atoms with E-state index in [1.807, 2.05) is 0 Å². The van der Waals surface area contributed by atoms with Gasteiger partial charge in [-0.25, -0.2) is 4.39 Å². The van der Waals surface area contributed by atoms with Crippen LogP contribution in [0.1, 0.15) is 15.9 Å². The lowest BCUT2D eigenvalue weighted by atomic mass is 10.1. The minimum Gasteiger partial charge on any atom is -0.507 e. The van der Waals surface area contributed by atoms with Gasteiger partial charge in [-0.15, -0.1) is 0 Å². The highest BCUT2D eigenvalue weighted by Crippen LogP contribution is 2.26. The maximum absolute atomic E-state index is 13.6. The fourth-order valence-electron chi connectivity index (χ4n) is 1.69. The number of nitrogens with one attached hydrogen (secondary N) is 1. The van der Waals surface area contributed by atoms with Gasteiger partial charge in [-0.2, -0.15) is 0 Å². The molecule has 4 nitrogen and oxygen atoms in total. The van der Waals surface area contributed by atoms with Gasteiger partial charge < -0.3 is 16.2 Å². The number of rotatable bonds is 3. The van der Waals surface area contributed by atoms with Crippen LogP contribution in [0.3, 0.4) is 0 Å². The molecule has 2 aromatic carbocycles. The molecule has 2 rings (SSSR count). The quantitative estimate of drug-likeness (QED) is 0.758. The van der Waals surface area contributed by atoms with E-state index in [4.69, 9.17) is 29.6 Å². The van der Waals surface area contributed by atoms with Crippen molar-refractivity contribution < 1.29 is 14.3 Å². The third-order valence-electron chi connectivity index (χ3n) is 2.72. The molecule has 21 heavy (non-hydrogen) atoms. The number of benzene rings is 2. The number of nitrogens with two attached hydrogens (primary N) is 1. The van der Waals surface area contributed by atoms with E-state index < -0.39 is 23.0 Å². The number of halogens is 2. The Kier molecular flexibility index (Phi) is 4.40. The van der Waals surface area contributed by atoms with E-state index >= 15 is 0 Å². The standard InChI is InChI=1S/C14H10ClFN2O2S/c15-8-6-7(13(17)21)4-5-10(8)18-14(20)12-9(16)2-1-3-11(12)19/h1-6,19H,(H2,17,21)(H,18,20). The van der Waals surface area contributed by atoms with Crippen molar-refractivity contribution in [2.45, 2.75) is 0 Å². The number of aromatic hydroxyl groups is 1. The lowest BCUT2D eigenvalue weighted by Crippen LogP contribution is -2.15. The second kappa shape index (κ2) is 6.07. The van der Waals surface area contributed by atoms with E-state index in [1.165, 1.54) is 24.3 Å². The van der Waals surface area contributed by atoms with Crippen molar-refractivity contribution in [2.75, 3.05) is 5.32 Å². The van der Waals surface area contributed by atoms with Gasteiger partial charge in [0, 0.05) is 5.56 Å². The Morgan fingerprint density at radius 3 is 2.62 bits per heavy atom. The Labute approximate surface area is 130 Å². The average molecular weight is 325 g/mol. The molecule has 2 aromatic rings. The van der Waals surface area contributed by atoms with Crippen molar-refractivity contribution in [3.05, 3.63) is 58.4 Å². The molecule has 0 aliphatic carbocycles. The first kappa shape index (κ1) is 15.2. The first-order chi connectivity index (χ1) is 9.90. The molecule has 0 radical (unpaired) electrons. The van der Waals surface area contributed by atoms with Crippen molar-refractivity contribution in [1.29, 1.82) is 0 Å². The lowest BCUT2D eigenvalue weighted by Gasteiger charge is -2.10. The molecule has 0 unspecified atom stereocenters. The van der Waals surface area contributed by atoms with Crippen LogP contribution >= 0.6 is 23.8 Å². The number of phenols is 1. The fraction of sp³-hybridized carbons (Fsp3) is 0. The predicted molar refractivity (Wildman–Crippen MR) is 83.4 cm³/mol. The van der Waals surface area contributed by atoms with Crippen molar-refractivity contribution in [2.24, 2.45) is 5.73 Å². The van der Waals surface area contributed by atoms with Crippen molar-refractivity contribution in [3.63, 3.8) is 0 Å². The molecule has 0 aromatic heterocycles. The number of hydrogen-bond acceptors (Lipinski definition) is 3. The lowest BCUT2D eigenvalue weighted by molar-refractivity contribution is 0.102. The Bertz CT molecular complexity index is 717. The van der Waals surface area contributed by atoms with Crippen LogP contribution in [0.2, 0.25) is 5.02 Å². The Balaban J connectivity index is 2.30. The predicted octanol–water partition coefficient (Wildman–Crippen LogP) is 3.07. The van der Waals surface area contributed by atoms with Crippen molar-refractivity contribution in [1.82, 2.24) is 0 Å². The molecule has 0 aliphatic rings. The van der Waals surface area contributed by atoms with E-state index in [0.717, 1.165) is 6.07 Å². The Morgan fingerprint density at radius 1 is 1.33 bits per heavy atom. The number of amides is 1. The van der Waals surface area contributed by atoms with Gasteiger partial charge in [0.15, 0.2) is 0 Å². The molecular weight excluding hydrogens is 315 g/mol. The molecule has 0 aliphatic heterocycles. The number of carbonyl (C=O) groups is 1. The van der Waals surface area contributed by atoms with E-state index in [2.05, 4.69) is 5.32 Å². The summed E-state index contributed by atoms with van der Waals surface area (Å²) in [6, 6.07) is 8.14. The SMILES string of the molecule is NC(=S)c1ccc(NC(=O)c2c(O)cccc2F)c(Cl)c1. The summed E-state index contributed by atoms with van der Waals surface area (Å²) in [5, 5.41) is 12.2. The molecule has 4 N–H and O–H groups in total. The highest BCUT2D eigenvalue weighted by molar-refractivity contribution is 7.80. The van der Waals surface area contributed by atoms with Crippen LogP contribution in [0.4, 0.5) is 10.1 Å². The molecule has 0 atom stereocenters. The minimum atomic E-state index is -0.830. The fourth-order valence-corrected chi connectivity index (χ4v) is 2.05. The van der Waals surface area contributed by atoms with Crippen LogP contribution in [0.25, 0.3) is 0 Å². The average Bonchev–Trinajstić information content (AvgIpc) is 2.40. The molecule has 7 heteroatoms. The Morgan fingerprint density at radius 2 is 2.05 bits per heavy atom. The second-order valence-electron chi connectivity index (χ2n) is 4.15. The van der Waals surface area contributed by atoms with Gasteiger partial charge >= 0.3 is 0 Å². The number of carbonyl (C=O) groups excluding carboxylic acids is 1. The molecule has 108 valence electrons. The summed E-state index contributed by atoms with van der Waals surface area (Å²) in [6.45, 7) is 0. The maximum atomic E-state index is 13.6. The number of thiocarbonyl (C=S) groups is 1. The summed E-state index contributed by atoms with van der Waals surface area (Å²) in [5.41, 5.74) is 5.81. The molecule has 0 spiro atoms. The van der Waals surface area contributed by atoms with E-state index in [9.17, 15) is 14.3 Å². The van der Waals surface area contributed by atoms with Gasteiger partial charge in [-0.1, -0.05) is 29.9 Å². The third kappa shape index (κ3) is 3.29. The summed E-state index contributed by atoms with van der Waals surface area (Å²) < 4.78 is 13.6. The minimum absolute atomic E-state index is 0.168. The molecule has 1 amide bonds. The zero-order valence-electron chi connectivity index (χ0n) is 10.6. The van der Waals surface area contributed by atoms with Gasteiger partial charge in [-0.05, 0) is 30.3 Å². The first-order valence-electron chi connectivity index (χ1n) is 5.78. The molecule has 0 fully saturated rings. The van der Waals surface area contributed by atoms with Gasteiger partial charge in [0.05, 0.1) is 10.7 Å². The molecule has 0 saturated heterocycles. The van der Waals surface area contributed by atoms with Crippen LogP contribution < -0.4 is 11.1 Å². The van der Waals surface area contributed by atoms with Gasteiger partial charge in [0.25, 0.3) is 5.91 Å².